The van der Waals surface area contributed by atoms with Crippen LogP contribution in [-0.2, 0) is 6.54 Å². The summed E-state index contributed by atoms with van der Waals surface area (Å²) in [6, 6.07) is 14.1. The van der Waals surface area contributed by atoms with E-state index < -0.39 is 0 Å². The number of aromatic nitrogens is 1. The van der Waals surface area contributed by atoms with Crippen molar-refractivity contribution in [3.63, 3.8) is 0 Å². The fraction of sp³-hybridized carbons (Fsp3) is 0.375. The van der Waals surface area contributed by atoms with Crippen LogP contribution in [0.4, 0.5) is 4.39 Å². The van der Waals surface area contributed by atoms with Crippen LogP contribution in [0, 0.1) is 18.7 Å². The fourth-order valence-electron chi connectivity index (χ4n) is 3.87. The molecule has 0 bridgehead atoms. The molecule has 1 fully saturated rings. The second-order valence-electron chi connectivity index (χ2n) is 7.77. The molecule has 1 aromatic heterocycles. The SMILES string of the molecule is COc1cccc(OC[C@H]2CCCN(Cc3nc(-c4cccc(F)c4)oc3C)C2)c1. The molecule has 0 spiro atoms. The van der Waals surface area contributed by atoms with E-state index >= 15 is 0 Å². The quantitative estimate of drug-likeness (QED) is 0.543. The number of nitrogens with zero attached hydrogens (tertiary/aromatic N) is 2. The normalized spacial score (nSPS) is 17.1. The van der Waals surface area contributed by atoms with Crippen molar-refractivity contribution in [1.29, 1.82) is 0 Å². The molecule has 0 amide bonds. The average molecular weight is 410 g/mol. The Morgan fingerprint density at radius 3 is 2.83 bits per heavy atom. The number of ether oxygens (including phenoxy) is 2. The van der Waals surface area contributed by atoms with E-state index in [1.54, 1.807) is 13.2 Å². The molecule has 1 aliphatic heterocycles. The zero-order valence-electron chi connectivity index (χ0n) is 17.4. The Kier molecular flexibility index (Phi) is 6.33. The van der Waals surface area contributed by atoms with E-state index in [-0.39, 0.29) is 5.82 Å². The van der Waals surface area contributed by atoms with Gasteiger partial charge in [-0.05, 0) is 56.6 Å². The molecule has 30 heavy (non-hydrogen) atoms. The maximum atomic E-state index is 13.5. The highest BCUT2D eigenvalue weighted by molar-refractivity contribution is 5.53. The highest BCUT2D eigenvalue weighted by Gasteiger charge is 2.23. The number of piperidine rings is 1. The number of hydrogen-bond donors (Lipinski definition) is 0. The van der Waals surface area contributed by atoms with Crippen molar-refractivity contribution in [2.75, 3.05) is 26.8 Å². The molecule has 158 valence electrons. The van der Waals surface area contributed by atoms with E-state index in [2.05, 4.69) is 9.88 Å². The van der Waals surface area contributed by atoms with Gasteiger partial charge in [-0.15, -0.1) is 0 Å². The van der Waals surface area contributed by atoms with Gasteiger partial charge in [0.25, 0.3) is 0 Å². The van der Waals surface area contributed by atoms with Crippen LogP contribution in [0.2, 0.25) is 0 Å². The predicted octanol–water partition coefficient (Wildman–Crippen LogP) is 5.09. The van der Waals surface area contributed by atoms with Crippen LogP contribution in [0.1, 0.15) is 24.3 Å². The highest BCUT2D eigenvalue weighted by Crippen LogP contribution is 2.26. The molecule has 0 saturated carbocycles. The van der Waals surface area contributed by atoms with Crippen LogP contribution in [0.25, 0.3) is 11.5 Å². The van der Waals surface area contributed by atoms with Gasteiger partial charge >= 0.3 is 0 Å². The minimum Gasteiger partial charge on any atom is -0.497 e. The lowest BCUT2D eigenvalue weighted by molar-refractivity contribution is 0.123. The van der Waals surface area contributed by atoms with E-state index in [1.807, 2.05) is 37.3 Å². The van der Waals surface area contributed by atoms with Crippen molar-refractivity contribution in [3.05, 3.63) is 65.8 Å². The Hall–Kier alpha value is -2.86. The van der Waals surface area contributed by atoms with Gasteiger partial charge in [-0.25, -0.2) is 9.37 Å². The van der Waals surface area contributed by atoms with Gasteiger partial charge in [0.15, 0.2) is 0 Å². The summed E-state index contributed by atoms with van der Waals surface area (Å²) >= 11 is 0. The number of aryl methyl sites for hydroxylation is 1. The molecule has 2 heterocycles. The van der Waals surface area contributed by atoms with Crippen LogP contribution in [0.15, 0.2) is 52.9 Å². The number of halogens is 1. The summed E-state index contributed by atoms with van der Waals surface area (Å²) in [4.78, 5) is 7.02. The summed E-state index contributed by atoms with van der Waals surface area (Å²) in [7, 11) is 1.66. The Balaban J connectivity index is 1.36. The Morgan fingerprint density at radius 1 is 1.17 bits per heavy atom. The van der Waals surface area contributed by atoms with Gasteiger partial charge in [0, 0.05) is 30.6 Å². The second kappa shape index (κ2) is 9.30. The first-order valence-electron chi connectivity index (χ1n) is 10.3. The molecule has 2 aromatic carbocycles. The first-order valence-corrected chi connectivity index (χ1v) is 10.3. The average Bonchev–Trinajstić information content (AvgIpc) is 3.13. The van der Waals surface area contributed by atoms with Crippen molar-refractivity contribution < 1.29 is 18.3 Å². The van der Waals surface area contributed by atoms with E-state index in [0.717, 1.165) is 55.4 Å². The molecular weight excluding hydrogens is 383 g/mol. The molecule has 0 N–H and O–H groups in total. The Bertz CT molecular complexity index is 988. The van der Waals surface area contributed by atoms with Crippen LogP contribution in [0.5, 0.6) is 11.5 Å². The molecule has 1 saturated heterocycles. The zero-order chi connectivity index (χ0) is 20.9. The minimum absolute atomic E-state index is 0.292. The molecule has 0 aliphatic carbocycles. The van der Waals surface area contributed by atoms with Gasteiger partial charge in [-0.3, -0.25) is 4.90 Å². The zero-order valence-corrected chi connectivity index (χ0v) is 17.4. The van der Waals surface area contributed by atoms with Gasteiger partial charge in [-0.1, -0.05) is 12.1 Å². The van der Waals surface area contributed by atoms with Crippen molar-refractivity contribution in [2.45, 2.75) is 26.3 Å². The first-order chi connectivity index (χ1) is 14.6. The number of hydrogen-bond acceptors (Lipinski definition) is 5. The summed E-state index contributed by atoms with van der Waals surface area (Å²) in [5.41, 5.74) is 1.57. The predicted molar refractivity (Wildman–Crippen MR) is 113 cm³/mol. The maximum Gasteiger partial charge on any atom is 0.226 e. The smallest absolute Gasteiger partial charge is 0.226 e. The van der Waals surface area contributed by atoms with Crippen molar-refractivity contribution in [1.82, 2.24) is 9.88 Å². The third-order valence-electron chi connectivity index (χ3n) is 5.47. The van der Waals surface area contributed by atoms with Gasteiger partial charge in [0.1, 0.15) is 23.1 Å². The van der Waals surface area contributed by atoms with E-state index in [4.69, 9.17) is 13.9 Å². The van der Waals surface area contributed by atoms with Crippen molar-refractivity contribution >= 4 is 0 Å². The summed E-state index contributed by atoms with van der Waals surface area (Å²) in [5.74, 6) is 3.05. The lowest BCUT2D eigenvalue weighted by atomic mass is 9.99. The summed E-state index contributed by atoms with van der Waals surface area (Å²) in [5, 5.41) is 0. The second-order valence-corrected chi connectivity index (χ2v) is 7.77. The standard InChI is InChI=1S/C24H27FN2O3/c1-17-23(26-24(30-17)19-7-3-8-20(25)12-19)15-27-11-5-6-18(14-27)16-29-22-10-4-9-21(13-22)28-2/h3-4,7-10,12-13,18H,5-6,11,14-16H2,1-2H3/t18-/m0/s1. The highest BCUT2D eigenvalue weighted by atomic mass is 19.1. The number of methoxy groups -OCH3 is 1. The maximum absolute atomic E-state index is 13.5. The molecule has 1 atom stereocenters. The third-order valence-corrected chi connectivity index (χ3v) is 5.47. The van der Waals surface area contributed by atoms with Crippen molar-refractivity contribution in [2.24, 2.45) is 5.92 Å². The van der Waals surface area contributed by atoms with Gasteiger partial charge in [0.2, 0.25) is 5.89 Å². The lowest BCUT2D eigenvalue weighted by Gasteiger charge is -2.32. The first kappa shape index (κ1) is 20.4. The van der Waals surface area contributed by atoms with Gasteiger partial charge in [0.05, 0.1) is 19.4 Å². The molecule has 6 heteroatoms. The van der Waals surface area contributed by atoms with E-state index in [0.29, 0.717) is 24.0 Å². The molecule has 0 radical (unpaired) electrons. The van der Waals surface area contributed by atoms with Gasteiger partial charge < -0.3 is 13.9 Å². The molecule has 0 unspecified atom stereocenters. The van der Waals surface area contributed by atoms with Gasteiger partial charge in [-0.2, -0.15) is 0 Å². The summed E-state index contributed by atoms with van der Waals surface area (Å²) < 4.78 is 30.6. The number of benzene rings is 2. The summed E-state index contributed by atoms with van der Waals surface area (Å²) in [6.45, 7) is 5.29. The topological polar surface area (TPSA) is 47.7 Å². The van der Waals surface area contributed by atoms with Crippen LogP contribution < -0.4 is 9.47 Å². The molecule has 5 nitrogen and oxygen atoms in total. The largest absolute Gasteiger partial charge is 0.497 e. The number of rotatable bonds is 7. The molecular formula is C24H27FN2O3. The molecule has 4 rings (SSSR count). The van der Waals surface area contributed by atoms with Crippen molar-refractivity contribution in [3.8, 4) is 23.0 Å². The number of oxazole rings is 1. The Morgan fingerprint density at radius 2 is 2.00 bits per heavy atom. The van der Waals surface area contributed by atoms with Crippen LogP contribution >= 0.6 is 0 Å². The Labute approximate surface area is 176 Å². The van der Waals surface area contributed by atoms with Crippen LogP contribution in [-0.4, -0.2) is 36.7 Å². The fourth-order valence-corrected chi connectivity index (χ4v) is 3.87. The minimum atomic E-state index is -0.292. The lowest BCUT2D eigenvalue weighted by Crippen LogP contribution is -2.37. The summed E-state index contributed by atoms with van der Waals surface area (Å²) in [6.07, 6.45) is 2.27. The number of likely N-dealkylation sites (tertiary alicyclic amines) is 1. The monoisotopic (exact) mass is 410 g/mol. The van der Waals surface area contributed by atoms with E-state index in [9.17, 15) is 4.39 Å². The molecule has 3 aromatic rings. The molecule has 1 aliphatic rings. The third kappa shape index (κ3) is 5.00. The van der Waals surface area contributed by atoms with Crippen LogP contribution in [0.3, 0.4) is 0 Å². The van der Waals surface area contributed by atoms with E-state index in [1.165, 1.54) is 12.1 Å².